The second-order valence-corrected chi connectivity index (χ2v) is 4.11. The first-order valence-corrected chi connectivity index (χ1v) is 5.27. The van der Waals surface area contributed by atoms with Crippen molar-refractivity contribution in [2.75, 3.05) is 12.8 Å². The molecule has 0 radical (unpaired) electrons. The molecule has 0 aliphatic heterocycles. The van der Waals surface area contributed by atoms with E-state index in [0.29, 0.717) is 18.2 Å². The van der Waals surface area contributed by atoms with Crippen molar-refractivity contribution < 1.29 is 4.79 Å². The van der Waals surface area contributed by atoms with Crippen LogP contribution in [0.2, 0.25) is 0 Å². The fraction of sp³-hybridized carbons (Fsp3) is 0.417. The first-order valence-electron chi connectivity index (χ1n) is 5.27. The van der Waals surface area contributed by atoms with Gasteiger partial charge in [0.1, 0.15) is 0 Å². The van der Waals surface area contributed by atoms with E-state index in [1.807, 2.05) is 36.2 Å². The van der Waals surface area contributed by atoms with Gasteiger partial charge in [0.25, 0.3) is 0 Å². The molecule has 0 saturated heterocycles. The van der Waals surface area contributed by atoms with Gasteiger partial charge < -0.3 is 10.6 Å². The van der Waals surface area contributed by atoms with Gasteiger partial charge in [-0.05, 0) is 24.5 Å². The number of anilines is 1. The summed E-state index contributed by atoms with van der Waals surface area (Å²) < 4.78 is 0. The predicted octanol–water partition coefficient (Wildman–Crippen LogP) is 1.43. The molecule has 1 aromatic rings. The van der Waals surface area contributed by atoms with Gasteiger partial charge in [0.05, 0.1) is 6.42 Å². The molecule has 1 aliphatic carbocycles. The van der Waals surface area contributed by atoms with Gasteiger partial charge in [-0.15, -0.1) is 0 Å². The fourth-order valence-corrected chi connectivity index (χ4v) is 1.65. The van der Waals surface area contributed by atoms with Crippen molar-refractivity contribution in [3.05, 3.63) is 29.8 Å². The Kier molecular flexibility index (Phi) is 2.62. The first kappa shape index (κ1) is 10.0. The van der Waals surface area contributed by atoms with Crippen LogP contribution < -0.4 is 5.73 Å². The molecule has 0 bridgehead atoms. The lowest BCUT2D eigenvalue weighted by atomic mass is 10.1. The summed E-state index contributed by atoms with van der Waals surface area (Å²) in [4.78, 5) is 13.7. The van der Waals surface area contributed by atoms with E-state index < -0.39 is 0 Å². The number of carbonyl (C=O) groups excluding carboxylic acids is 1. The van der Waals surface area contributed by atoms with Crippen molar-refractivity contribution in [2.45, 2.75) is 25.3 Å². The van der Waals surface area contributed by atoms with Gasteiger partial charge >= 0.3 is 0 Å². The third-order valence-electron chi connectivity index (χ3n) is 2.88. The highest BCUT2D eigenvalue weighted by atomic mass is 16.2. The van der Waals surface area contributed by atoms with Crippen LogP contribution in [0, 0.1) is 0 Å². The molecule has 1 amide bonds. The van der Waals surface area contributed by atoms with Gasteiger partial charge in [-0.2, -0.15) is 0 Å². The minimum absolute atomic E-state index is 0.162. The average Bonchev–Trinajstić information content (AvgIpc) is 3.04. The van der Waals surface area contributed by atoms with E-state index >= 15 is 0 Å². The van der Waals surface area contributed by atoms with Crippen molar-refractivity contribution in [3.8, 4) is 0 Å². The maximum atomic E-state index is 11.8. The summed E-state index contributed by atoms with van der Waals surface area (Å²) in [5.74, 6) is 0.162. The minimum atomic E-state index is 0.162. The Morgan fingerprint density at radius 3 is 2.73 bits per heavy atom. The fourth-order valence-electron chi connectivity index (χ4n) is 1.65. The summed E-state index contributed by atoms with van der Waals surface area (Å²) in [6.45, 7) is 0. The van der Waals surface area contributed by atoms with E-state index in [2.05, 4.69) is 0 Å². The molecule has 0 heterocycles. The molecule has 0 atom stereocenters. The maximum absolute atomic E-state index is 11.8. The topological polar surface area (TPSA) is 46.3 Å². The van der Waals surface area contributed by atoms with Gasteiger partial charge in [-0.1, -0.05) is 18.2 Å². The molecule has 0 unspecified atom stereocenters. The van der Waals surface area contributed by atoms with Crippen LogP contribution in [0.1, 0.15) is 18.4 Å². The van der Waals surface area contributed by atoms with Crippen LogP contribution in [-0.4, -0.2) is 23.9 Å². The van der Waals surface area contributed by atoms with Crippen molar-refractivity contribution in [2.24, 2.45) is 0 Å². The summed E-state index contributed by atoms with van der Waals surface area (Å²) in [5, 5.41) is 0. The van der Waals surface area contributed by atoms with E-state index in [1.165, 1.54) is 0 Å². The number of para-hydroxylation sites is 1. The number of nitrogen functional groups attached to an aromatic ring is 1. The lowest BCUT2D eigenvalue weighted by molar-refractivity contribution is -0.129. The monoisotopic (exact) mass is 204 g/mol. The molecule has 2 rings (SSSR count). The zero-order chi connectivity index (χ0) is 10.8. The molecular weight excluding hydrogens is 188 g/mol. The number of carbonyl (C=O) groups is 1. The normalized spacial score (nSPS) is 15.0. The number of hydrogen-bond acceptors (Lipinski definition) is 2. The van der Waals surface area contributed by atoms with E-state index in [9.17, 15) is 4.79 Å². The van der Waals surface area contributed by atoms with E-state index in [4.69, 9.17) is 5.73 Å². The molecule has 0 aromatic heterocycles. The second kappa shape index (κ2) is 3.93. The number of amides is 1. The Morgan fingerprint density at radius 2 is 2.13 bits per heavy atom. The highest BCUT2D eigenvalue weighted by Crippen LogP contribution is 2.26. The lowest BCUT2D eigenvalue weighted by Crippen LogP contribution is -2.30. The van der Waals surface area contributed by atoms with E-state index in [1.54, 1.807) is 0 Å². The van der Waals surface area contributed by atoms with Crippen molar-refractivity contribution in [1.82, 2.24) is 4.90 Å². The van der Waals surface area contributed by atoms with Gasteiger partial charge in [0.15, 0.2) is 0 Å². The molecular formula is C12H16N2O. The molecule has 1 aromatic carbocycles. The Balaban J connectivity index is 2.02. The zero-order valence-electron chi connectivity index (χ0n) is 8.94. The molecule has 2 N–H and O–H groups in total. The van der Waals surface area contributed by atoms with Gasteiger partial charge in [0, 0.05) is 18.8 Å². The molecule has 1 fully saturated rings. The third-order valence-corrected chi connectivity index (χ3v) is 2.88. The standard InChI is InChI=1S/C12H16N2O/c1-14(10-6-7-10)12(15)8-9-4-2-3-5-11(9)13/h2-5,10H,6-8,13H2,1H3. The minimum Gasteiger partial charge on any atom is -0.398 e. The van der Waals surface area contributed by atoms with Gasteiger partial charge in [0.2, 0.25) is 5.91 Å². The summed E-state index contributed by atoms with van der Waals surface area (Å²) in [7, 11) is 1.87. The van der Waals surface area contributed by atoms with Gasteiger partial charge in [-0.3, -0.25) is 4.79 Å². The van der Waals surface area contributed by atoms with Crippen LogP contribution in [0.15, 0.2) is 24.3 Å². The molecule has 15 heavy (non-hydrogen) atoms. The molecule has 3 nitrogen and oxygen atoms in total. The van der Waals surface area contributed by atoms with Crippen LogP contribution in [0.5, 0.6) is 0 Å². The van der Waals surface area contributed by atoms with Crippen molar-refractivity contribution >= 4 is 11.6 Å². The van der Waals surface area contributed by atoms with Crippen LogP contribution >= 0.6 is 0 Å². The number of nitrogens with zero attached hydrogens (tertiary/aromatic N) is 1. The Morgan fingerprint density at radius 1 is 1.47 bits per heavy atom. The van der Waals surface area contributed by atoms with Gasteiger partial charge in [-0.25, -0.2) is 0 Å². The quantitative estimate of drug-likeness (QED) is 0.757. The predicted molar refractivity (Wildman–Crippen MR) is 60.4 cm³/mol. The third kappa shape index (κ3) is 2.29. The van der Waals surface area contributed by atoms with Crippen molar-refractivity contribution in [3.63, 3.8) is 0 Å². The van der Waals surface area contributed by atoms with Crippen LogP contribution in [-0.2, 0) is 11.2 Å². The summed E-state index contributed by atoms with van der Waals surface area (Å²) in [5.41, 5.74) is 7.42. The highest BCUT2D eigenvalue weighted by Gasteiger charge is 2.29. The van der Waals surface area contributed by atoms with Crippen LogP contribution in [0.3, 0.4) is 0 Å². The SMILES string of the molecule is CN(C(=O)Cc1ccccc1N)C1CC1. The first-order chi connectivity index (χ1) is 7.18. The summed E-state index contributed by atoms with van der Waals surface area (Å²) in [6.07, 6.45) is 2.71. The zero-order valence-corrected chi connectivity index (χ0v) is 8.94. The number of likely N-dealkylation sites (N-methyl/N-ethyl adjacent to an activating group) is 1. The Hall–Kier alpha value is -1.51. The lowest BCUT2D eigenvalue weighted by Gasteiger charge is -2.16. The van der Waals surface area contributed by atoms with Crippen LogP contribution in [0.25, 0.3) is 0 Å². The number of rotatable bonds is 3. The van der Waals surface area contributed by atoms with E-state index in [-0.39, 0.29) is 5.91 Å². The van der Waals surface area contributed by atoms with E-state index in [0.717, 1.165) is 18.4 Å². The van der Waals surface area contributed by atoms with Crippen molar-refractivity contribution in [1.29, 1.82) is 0 Å². The number of benzene rings is 1. The Labute approximate surface area is 89.9 Å². The molecule has 0 spiro atoms. The largest absolute Gasteiger partial charge is 0.398 e. The average molecular weight is 204 g/mol. The molecule has 3 heteroatoms. The summed E-state index contributed by atoms with van der Waals surface area (Å²) >= 11 is 0. The highest BCUT2D eigenvalue weighted by molar-refractivity contribution is 5.80. The second-order valence-electron chi connectivity index (χ2n) is 4.11. The number of nitrogens with two attached hydrogens (primary N) is 1. The maximum Gasteiger partial charge on any atom is 0.227 e. The Bertz CT molecular complexity index is 372. The van der Waals surface area contributed by atoms with Crippen LogP contribution in [0.4, 0.5) is 5.69 Å². The molecule has 1 saturated carbocycles. The number of hydrogen-bond donors (Lipinski definition) is 1. The molecule has 1 aliphatic rings. The molecule has 80 valence electrons. The smallest absolute Gasteiger partial charge is 0.227 e. The summed E-state index contributed by atoms with van der Waals surface area (Å²) in [6, 6.07) is 8.01.